The molecule has 0 bridgehead atoms. The Kier molecular flexibility index (Phi) is 5.94. The third kappa shape index (κ3) is 3.94. The van der Waals surface area contributed by atoms with Crippen molar-refractivity contribution in [1.82, 2.24) is 19.7 Å². The van der Waals surface area contributed by atoms with Gasteiger partial charge in [0.15, 0.2) is 6.23 Å². The van der Waals surface area contributed by atoms with E-state index in [1.807, 2.05) is 59.4 Å². The van der Waals surface area contributed by atoms with Crippen molar-refractivity contribution in [2.75, 3.05) is 19.5 Å². The molecule has 2 aromatic heterocycles. The maximum absolute atomic E-state index is 6.77. The van der Waals surface area contributed by atoms with E-state index in [4.69, 9.17) is 19.9 Å². The fourth-order valence-corrected chi connectivity index (χ4v) is 5.22. The van der Waals surface area contributed by atoms with Crippen LogP contribution in [0.5, 0.6) is 17.6 Å². The first-order valence-electron chi connectivity index (χ1n) is 11.8. The van der Waals surface area contributed by atoms with Gasteiger partial charge in [-0.25, -0.2) is 4.68 Å². The average molecular weight is 546 g/mol. The van der Waals surface area contributed by atoms with Crippen LogP contribution in [0.2, 0.25) is 0 Å². The molecule has 6 rings (SSSR count). The second-order valence-corrected chi connectivity index (χ2v) is 9.48. The molecule has 1 atom stereocenters. The van der Waals surface area contributed by atoms with Crippen molar-refractivity contribution in [3.63, 3.8) is 0 Å². The molecule has 2 N–H and O–H groups in total. The number of nitrogens with zero attached hydrogens (tertiary/aromatic N) is 4. The van der Waals surface area contributed by atoms with Crippen molar-refractivity contribution in [3.05, 3.63) is 65.3 Å². The van der Waals surface area contributed by atoms with Crippen LogP contribution in [-0.4, -0.2) is 33.5 Å². The van der Waals surface area contributed by atoms with Crippen molar-refractivity contribution in [2.45, 2.75) is 25.5 Å². The Hall–Kier alpha value is -3.69. The number of anilines is 1. The van der Waals surface area contributed by atoms with Crippen LogP contribution in [0.25, 0.3) is 32.9 Å². The van der Waals surface area contributed by atoms with Gasteiger partial charge in [0.2, 0.25) is 5.88 Å². The minimum atomic E-state index is -0.0521. The smallest absolute Gasteiger partial charge is 0.325 e. The molecule has 9 heteroatoms. The summed E-state index contributed by atoms with van der Waals surface area (Å²) in [5.41, 5.74) is 10.7. The Bertz CT molecular complexity index is 1570. The quantitative estimate of drug-likeness (QED) is 0.252. The molecule has 0 saturated carbocycles. The number of halogens is 1. The van der Waals surface area contributed by atoms with Gasteiger partial charge < -0.3 is 19.9 Å². The van der Waals surface area contributed by atoms with Crippen molar-refractivity contribution in [1.29, 1.82) is 0 Å². The molecule has 5 aromatic rings. The van der Waals surface area contributed by atoms with Crippen LogP contribution in [0.1, 0.15) is 25.5 Å². The van der Waals surface area contributed by atoms with E-state index in [9.17, 15) is 0 Å². The van der Waals surface area contributed by atoms with Gasteiger partial charge in [-0.2, -0.15) is 15.1 Å². The molecule has 1 aliphatic rings. The first-order chi connectivity index (χ1) is 17.6. The van der Waals surface area contributed by atoms with Crippen molar-refractivity contribution in [2.24, 2.45) is 0 Å². The summed E-state index contributed by atoms with van der Waals surface area (Å²) in [4.78, 5) is 9.12. The van der Waals surface area contributed by atoms with E-state index in [1.54, 1.807) is 7.11 Å². The van der Waals surface area contributed by atoms with E-state index in [0.717, 1.165) is 52.4 Å². The predicted molar refractivity (Wildman–Crippen MR) is 142 cm³/mol. The van der Waals surface area contributed by atoms with Gasteiger partial charge in [-0.1, -0.05) is 30.3 Å². The minimum Gasteiger partial charge on any atom is -0.480 e. The van der Waals surface area contributed by atoms with Crippen LogP contribution in [-0.2, 0) is 4.74 Å². The summed E-state index contributed by atoms with van der Waals surface area (Å²) in [7, 11) is 1.56. The SMILES string of the molecule is COc1nc(Oc2ccccc2)nc2c(Br)cc(-c3cccc4c3cnn4C3CCCCO3)c(N)c12. The Morgan fingerprint density at radius 1 is 1.06 bits per heavy atom. The number of fused-ring (bicyclic) bond motifs is 2. The number of nitrogens with two attached hydrogens (primary N) is 1. The number of rotatable bonds is 5. The lowest BCUT2D eigenvalue weighted by Crippen LogP contribution is -2.18. The van der Waals surface area contributed by atoms with E-state index in [0.29, 0.717) is 28.2 Å². The molecular formula is C27H24BrN5O3. The molecule has 0 spiro atoms. The van der Waals surface area contributed by atoms with E-state index in [-0.39, 0.29) is 12.2 Å². The largest absolute Gasteiger partial charge is 0.480 e. The predicted octanol–water partition coefficient (Wildman–Crippen LogP) is 6.49. The average Bonchev–Trinajstić information content (AvgIpc) is 3.36. The monoisotopic (exact) mass is 545 g/mol. The molecule has 0 radical (unpaired) electrons. The maximum atomic E-state index is 6.77. The fourth-order valence-electron chi connectivity index (χ4n) is 4.71. The third-order valence-corrected chi connectivity index (χ3v) is 7.02. The zero-order valence-corrected chi connectivity index (χ0v) is 21.2. The lowest BCUT2D eigenvalue weighted by Gasteiger charge is -2.23. The highest BCUT2D eigenvalue weighted by molar-refractivity contribution is 9.10. The first-order valence-corrected chi connectivity index (χ1v) is 12.6. The van der Waals surface area contributed by atoms with E-state index >= 15 is 0 Å². The lowest BCUT2D eigenvalue weighted by molar-refractivity contribution is -0.0366. The standard InChI is InChI=1S/C27H24BrN5O3/c1-34-26-23-24(29)18(14-20(28)25(23)31-27(32-26)36-16-8-3-2-4-9-16)17-10-7-11-21-19(17)15-30-33(21)22-12-5-6-13-35-22/h2-4,7-11,14-15,22H,5-6,12-13,29H2,1H3. The van der Waals surface area contributed by atoms with E-state index < -0.39 is 0 Å². The third-order valence-electron chi connectivity index (χ3n) is 6.42. The Labute approximate surface area is 216 Å². The molecule has 1 fully saturated rings. The number of hydrogen-bond acceptors (Lipinski definition) is 7. The summed E-state index contributed by atoms with van der Waals surface area (Å²) in [6.45, 7) is 0.756. The normalized spacial score (nSPS) is 15.9. The molecular weight excluding hydrogens is 522 g/mol. The first kappa shape index (κ1) is 22.8. The van der Waals surface area contributed by atoms with Crippen LogP contribution in [0.3, 0.4) is 0 Å². The molecule has 3 aromatic carbocycles. The summed E-state index contributed by atoms with van der Waals surface area (Å²) in [6, 6.07) is 17.6. The van der Waals surface area contributed by atoms with Gasteiger partial charge in [0, 0.05) is 22.0 Å². The van der Waals surface area contributed by atoms with Gasteiger partial charge in [-0.15, -0.1) is 0 Å². The zero-order valence-electron chi connectivity index (χ0n) is 19.6. The highest BCUT2D eigenvalue weighted by Crippen LogP contribution is 2.43. The Balaban J connectivity index is 1.49. The molecule has 1 unspecified atom stereocenters. The number of methoxy groups -OCH3 is 1. The highest BCUT2D eigenvalue weighted by Gasteiger charge is 2.23. The van der Waals surface area contributed by atoms with Crippen LogP contribution in [0, 0.1) is 0 Å². The number of benzene rings is 3. The van der Waals surface area contributed by atoms with Crippen LogP contribution in [0.15, 0.2) is 65.3 Å². The van der Waals surface area contributed by atoms with Gasteiger partial charge in [-0.05, 0) is 65.0 Å². The summed E-state index contributed by atoms with van der Waals surface area (Å²) in [5.74, 6) is 0.967. The summed E-state index contributed by atoms with van der Waals surface area (Å²) >= 11 is 3.70. The van der Waals surface area contributed by atoms with Crippen LogP contribution < -0.4 is 15.2 Å². The minimum absolute atomic E-state index is 0.0521. The van der Waals surface area contributed by atoms with Gasteiger partial charge in [-0.3, -0.25) is 0 Å². The summed E-state index contributed by atoms with van der Waals surface area (Å²) in [6.07, 6.45) is 5.00. The fraction of sp³-hybridized carbons (Fsp3) is 0.222. The van der Waals surface area contributed by atoms with E-state index in [2.05, 4.69) is 37.1 Å². The Morgan fingerprint density at radius 3 is 2.69 bits per heavy atom. The molecule has 1 saturated heterocycles. The van der Waals surface area contributed by atoms with Crippen LogP contribution in [0.4, 0.5) is 5.69 Å². The van der Waals surface area contributed by atoms with Gasteiger partial charge in [0.1, 0.15) is 5.75 Å². The van der Waals surface area contributed by atoms with Crippen molar-refractivity contribution < 1.29 is 14.2 Å². The van der Waals surface area contributed by atoms with Gasteiger partial charge in [0.05, 0.1) is 35.4 Å². The summed E-state index contributed by atoms with van der Waals surface area (Å²) < 4.78 is 20.2. The topological polar surface area (TPSA) is 97.3 Å². The molecule has 1 aliphatic heterocycles. The molecule has 0 amide bonds. The van der Waals surface area contributed by atoms with Gasteiger partial charge >= 0.3 is 6.01 Å². The summed E-state index contributed by atoms with van der Waals surface area (Å²) in [5, 5.41) is 6.29. The van der Waals surface area contributed by atoms with Crippen LogP contribution >= 0.6 is 15.9 Å². The van der Waals surface area contributed by atoms with Crippen molar-refractivity contribution >= 4 is 43.4 Å². The lowest BCUT2D eigenvalue weighted by atomic mass is 9.98. The molecule has 36 heavy (non-hydrogen) atoms. The number of hydrogen-bond donors (Lipinski definition) is 1. The molecule has 8 nitrogen and oxygen atoms in total. The van der Waals surface area contributed by atoms with Gasteiger partial charge in [0.25, 0.3) is 0 Å². The Morgan fingerprint density at radius 2 is 1.92 bits per heavy atom. The number of para-hydroxylation sites is 1. The van der Waals surface area contributed by atoms with Crippen molar-refractivity contribution in [3.8, 4) is 28.8 Å². The number of nitrogen functional groups attached to an aromatic ring is 1. The molecule has 0 aliphatic carbocycles. The second-order valence-electron chi connectivity index (χ2n) is 8.62. The zero-order chi connectivity index (χ0) is 24.6. The highest BCUT2D eigenvalue weighted by atomic mass is 79.9. The molecule has 182 valence electrons. The second kappa shape index (κ2) is 9.40. The number of ether oxygens (including phenoxy) is 3. The van der Waals surface area contributed by atoms with E-state index in [1.165, 1.54) is 0 Å². The maximum Gasteiger partial charge on any atom is 0.325 e. The molecule has 3 heterocycles. The number of aromatic nitrogens is 4.